The van der Waals surface area contributed by atoms with Gasteiger partial charge in [0.05, 0.1) is 5.56 Å². The van der Waals surface area contributed by atoms with E-state index in [4.69, 9.17) is 5.73 Å². The van der Waals surface area contributed by atoms with Crippen molar-refractivity contribution in [3.05, 3.63) is 41.2 Å². The third-order valence-electron chi connectivity index (χ3n) is 2.73. The van der Waals surface area contributed by atoms with E-state index in [1.165, 1.54) is 6.07 Å². The molecule has 23 heavy (non-hydrogen) atoms. The average Bonchev–Trinajstić information content (AvgIpc) is 2.52. The average molecular weight is 329 g/mol. The van der Waals surface area contributed by atoms with Crippen molar-refractivity contribution in [1.82, 2.24) is 0 Å². The minimum Gasteiger partial charge on any atom is -0.399 e. The summed E-state index contributed by atoms with van der Waals surface area (Å²) in [6.07, 6.45) is 0. The molecule has 1 nitrogen and oxygen atoms in total. The highest BCUT2D eigenvalue weighted by atomic mass is 19.3. The van der Waals surface area contributed by atoms with Crippen LogP contribution in [-0.4, -0.2) is 0 Å². The zero-order valence-corrected chi connectivity index (χ0v) is 15.5. The number of benzene rings is 2. The van der Waals surface area contributed by atoms with Crippen LogP contribution >= 0.6 is 0 Å². The van der Waals surface area contributed by atoms with Crippen molar-refractivity contribution in [2.45, 2.75) is 61.3 Å². The molecule has 0 unspecified atom stereocenters. The summed E-state index contributed by atoms with van der Waals surface area (Å²) in [6, 6.07) is 5.64. The van der Waals surface area contributed by atoms with Crippen LogP contribution in [0.4, 0.5) is 18.9 Å². The lowest BCUT2D eigenvalue weighted by molar-refractivity contribution is 0.0154. The predicted octanol–water partition coefficient (Wildman–Crippen LogP) is 7.06. The monoisotopic (exact) mass is 329 g/mol. The van der Waals surface area contributed by atoms with E-state index >= 15 is 0 Å². The van der Waals surface area contributed by atoms with Crippen LogP contribution in [0.15, 0.2) is 24.3 Å². The highest BCUT2D eigenvalue weighted by Crippen LogP contribution is 2.37. The second-order valence-electron chi connectivity index (χ2n) is 4.25. The van der Waals surface area contributed by atoms with Crippen LogP contribution in [0.1, 0.15) is 59.6 Å². The van der Waals surface area contributed by atoms with Gasteiger partial charge in [0.15, 0.2) is 0 Å². The fourth-order valence-electron chi connectivity index (χ4n) is 2.11. The van der Waals surface area contributed by atoms with Crippen molar-refractivity contribution >= 4 is 16.5 Å². The van der Waals surface area contributed by atoms with Crippen molar-refractivity contribution in [3.63, 3.8) is 0 Å². The second-order valence-corrected chi connectivity index (χ2v) is 4.25. The number of nitrogens with two attached hydrogens (primary N) is 1. The third-order valence-corrected chi connectivity index (χ3v) is 2.73. The Morgan fingerprint density at radius 3 is 1.83 bits per heavy atom. The predicted molar refractivity (Wildman–Crippen MR) is 96.7 cm³/mol. The molecule has 0 fully saturated rings. The van der Waals surface area contributed by atoms with E-state index in [1.807, 2.05) is 41.5 Å². The summed E-state index contributed by atoms with van der Waals surface area (Å²) in [4.78, 5) is 0. The number of halogens is 3. The third kappa shape index (κ3) is 6.12. The molecular formula is C19H30F3N. The molecule has 0 radical (unpaired) electrons. The maximum atomic E-state index is 13.6. The highest BCUT2D eigenvalue weighted by Gasteiger charge is 2.31. The van der Waals surface area contributed by atoms with Crippen molar-refractivity contribution in [2.75, 3.05) is 5.73 Å². The van der Waals surface area contributed by atoms with Gasteiger partial charge in [-0.3, -0.25) is 0 Å². The molecular weight excluding hydrogens is 299 g/mol. The number of fused-ring (bicyclic) bond motifs is 1. The minimum absolute atomic E-state index is 0.242. The van der Waals surface area contributed by atoms with Gasteiger partial charge in [0.2, 0.25) is 0 Å². The van der Waals surface area contributed by atoms with Gasteiger partial charge in [-0.15, -0.1) is 0 Å². The van der Waals surface area contributed by atoms with Gasteiger partial charge in [-0.1, -0.05) is 47.6 Å². The van der Waals surface area contributed by atoms with E-state index in [0.29, 0.717) is 23.6 Å². The molecule has 0 aliphatic rings. The Balaban J connectivity index is 0. The van der Waals surface area contributed by atoms with E-state index < -0.39 is 17.3 Å². The van der Waals surface area contributed by atoms with Crippen molar-refractivity contribution < 1.29 is 13.2 Å². The molecule has 2 aromatic carbocycles. The van der Waals surface area contributed by atoms with Crippen LogP contribution in [0.25, 0.3) is 10.8 Å². The van der Waals surface area contributed by atoms with Gasteiger partial charge < -0.3 is 5.73 Å². The Bertz CT molecular complexity index is 587. The Morgan fingerprint density at radius 2 is 1.39 bits per heavy atom. The molecule has 2 N–H and O–H groups in total. The van der Waals surface area contributed by atoms with E-state index in [-0.39, 0.29) is 5.39 Å². The molecule has 0 bridgehead atoms. The molecule has 0 heterocycles. The number of alkyl halides is 2. The first kappa shape index (κ1) is 23.6. The van der Waals surface area contributed by atoms with E-state index in [1.54, 1.807) is 19.1 Å². The fourth-order valence-corrected chi connectivity index (χ4v) is 2.11. The Labute approximate surface area is 138 Å². The van der Waals surface area contributed by atoms with Gasteiger partial charge in [0.1, 0.15) is 5.82 Å². The summed E-state index contributed by atoms with van der Waals surface area (Å²) in [6.45, 7) is 14.3. The van der Waals surface area contributed by atoms with Gasteiger partial charge >= 0.3 is 0 Å². The maximum Gasteiger partial charge on any atom is 0.273 e. The number of anilines is 1. The summed E-state index contributed by atoms with van der Waals surface area (Å²) in [7, 11) is 0. The first-order valence-corrected chi connectivity index (χ1v) is 8.17. The largest absolute Gasteiger partial charge is 0.399 e. The SMILES string of the molecule is CC.CC.CC.Cc1cc(N)cc2ccc(F)c(C(C)(F)F)c12. The topological polar surface area (TPSA) is 26.0 Å². The van der Waals surface area contributed by atoms with Crippen LogP contribution in [0.2, 0.25) is 0 Å². The highest BCUT2D eigenvalue weighted by molar-refractivity contribution is 5.91. The summed E-state index contributed by atoms with van der Waals surface area (Å²) in [5, 5.41) is 0.770. The zero-order chi connectivity index (χ0) is 18.8. The number of nitrogen functional groups attached to an aromatic ring is 1. The van der Waals surface area contributed by atoms with Crippen LogP contribution in [0.5, 0.6) is 0 Å². The molecule has 132 valence electrons. The van der Waals surface area contributed by atoms with Gasteiger partial charge in [0.25, 0.3) is 5.92 Å². The van der Waals surface area contributed by atoms with Crippen molar-refractivity contribution in [3.8, 4) is 0 Å². The molecule has 0 aliphatic heterocycles. The summed E-state index contributed by atoms with van der Waals surface area (Å²) in [5.74, 6) is -4.11. The summed E-state index contributed by atoms with van der Waals surface area (Å²) < 4.78 is 40.5. The number of rotatable bonds is 1. The molecule has 0 saturated carbocycles. The number of hydrogen-bond acceptors (Lipinski definition) is 1. The Kier molecular flexibility index (Phi) is 11.2. The first-order valence-electron chi connectivity index (χ1n) is 8.17. The molecule has 0 aliphatic carbocycles. The molecule has 0 saturated heterocycles. The van der Waals surface area contributed by atoms with E-state index in [0.717, 1.165) is 6.07 Å². The fraction of sp³-hybridized carbons (Fsp3) is 0.474. The standard InChI is InChI=1S/C13H12F3N.3C2H6/c1-7-5-9(17)6-8-3-4-10(14)12(11(7)8)13(2,15)16;3*1-2/h3-6H,17H2,1-2H3;3*1-2H3. The summed E-state index contributed by atoms with van der Waals surface area (Å²) in [5.41, 5.74) is 6.11. The molecule has 2 rings (SSSR count). The maximum absolute atomic E-state index is 13.6. The lowest BCUT2D eigenvalue weighted by Crippen LogP contribution is -2.11. The molecule has 0 amide bonds. The van der Waals surface area contributed by atoms with Gasteiger partial charge in [-0.25, -0.2) is 13.2 Å². The Hall–Kier alpha value is -1.71. The lowest BCUT2D eigenvalue weighted by atomic mass is 9.95. The molecule has 2 aromatic rings. The molecule has 4 heteroatoms. The first-order chi connectivity index (χ1) is 10.8. The summed E-state index contributed by atoms with van der Waals surface area (Å²) >= 11 is 0. The van der Waals surface area contributed by atoms with Gasteiger partial charge in [0, 0.05) is 12.6 Å². The smallest absolute Gasteiger partial charge is 0.273 e. The van der Waals surface area contributed by atoms with Crippen molar-refractivity contribution in [2.24, 2.45) is 0 Å². The molecule has 0 aromatic heterocycles. The van der Waals surface area contributed by atoms with Crippen LogP contribution in [0.3, 0.4) is 0 Å². The van der Waals surface area contributed by atoms with Crippen molar-refractivity contribution in [1.29, 1.82) is 0 Å². The van der Waals surface area contributed by atoms with E-state index in [2.05, 4.69) is 0 Å². The number of aryl methyl sites for hydroxylation is 1. The second kappa shape index (κ2) is 10.9. The quantitative estimate of drug-likeness (QED) is 0.557. The van der Waals surface area contributed by atoms with Crippen LogP contribution < -0.4 is 5.73 Å². The lowest BCUT2D eigenvalue weighted by Gasteiger charge is -2.16. The number of hydrogen-bond donors (Lipinski definition) is 1. The van der Waals surface area contributed by atoms with Gasteiger partial charge in [-0.05, 0) is 41.5 Å². The zero-order valence-electron chi connectivity index (χ0n) is 15.5. The van der Waals surface area contributed by atoms with Gasteiger partial charge in [-0.2, -0.15) is 0 Å². The van der Waals surface area contributed by atoms with Crippen LogP contribution in [-0.2, 0) is 5.92 Å². The Morgan fingerprint density at radius 1 is 0.913 bits per heavy atom. The van der Waals surface area contributed by atoms with Crippen LogP contribution in [0, 0.1) is 12.7 Å². The minimum atomic E-state index is -3.22. The molecule has 0 spiro atoms. The van der Waals surface area contributed by atoms with E-state index in [9.17, 15) is 13.2 Å². The normalized spacial score (nSPS) is 9.70. The molecule has 0 atom stereocenters.